The summed E-state index contributed by atoms with van der Waals surface area (Å²) >= 11 is 4.98. The van der Waals surface area contributed by atoms with Gasteiger partial charge in [-0.2, -0.15) is 10.3 Å². The molecule has 1 heterocycles. The molecule has 0 aliphatic carbocycles. The Bertz CT molecular complexity index is 740. The predicted molar refractivity (Wildman–Crippen MR) is 76.1 cm³/mol. The Balaban J connectivity index is 2.02. The maximum absolute atomic E-state index is 11.7. The molecule has 0 aliphatic rings. The highest BCUT2D eigenvalue weighted by molar-refractivity contribution is 7.71. The van der Waals surface area contributed by atoms with Crippen LogP contribution >= 0.6 is 12.2 Å². The lowest BCUT2D eigenvalue weighted by atomic mass is 10.3. The van der Waals surface area contributed by atoms with Gasteiger partial charge in [-0.15, -0.1) is 0 Å². The highest BCUT2D eigenvalue weighted by Gasteiger charge is 2.11. The first kappa shape index (κ1) is 15.6. The van der Waals surface area contributed by atoms with Crippen molar-refractivity contribution in [2.75, 3.05) is 19.0 Å². The second kappa shape index (κ2) is 6.78. The fraction of sp³-hybridized carbons (Fsp3) is 0.182. The van der Waals surface area contributed by atoms with Crippen LogP contribution in [0.2, 0.25) is 0 Å². The Morgan fingerprint density at radius 2 is 2.32 bits per heavy atom. The molecule has 0 bridgehead atoms. The molecule has 1 aromatic carbocycles. The van der Waals surface area contributed by atoms with Gasteiger partial charge in [0, 0.05) is 12.7 Å². The third kappa shape index (κ3) is 3.86. The highest BCUT2D eigenvalue weighted by atomic mass is 32.1. The maximum Gasteiger partial charge on any atom is 0.433 e. The van der Waals surface area contributed by atoms with E-state index in [2.05, 4.69) is 25.6 Å². The molecule has 2 amide bonds. The number of hydrogen-bond donors (Lipinski definition) is 3. The summed E-state index contributed by atoms with van der Waals surface area (Å²) in [5, 5.41) is 21.4. The van der Waals surface area contributed by atoms with E-state index in [0.717, 1.165) is 7.05 Å². The van der Waals surface area contributed by atoms with Crippen molar-refractivity contribution in [2.45, 2.75) is 0 Å². The smallest absolute Gasteiger partial charge is 0.433 e. The summed E-state index contributed by atoms with van der Waals surface area (Å²) in [6, 6.07) is 6.72. The second-order valence-corrected chi connectivity index (χ2v) is 4.46. The molecule has 0 saturated heterocycles. The molecule has 0 atom stereocenters. The number of nitrogens with one attached hydrogen (secondary N) is 2. The van der Waals surface area contributed by atoms with E-state index in [0.29, 0.717) is 11.4 Å². The van der Waals surface area contributed by atoms with Crippen molar-refractivity contribution in [2.24, 2.45) is 0 Å². The van der Waals surface area contributed by atoms with Crippen molar-refractivity contribution in [1.82, 2.24) is 25.3 Å². The first-order chi connectivity index (χ1) is 10.5. The Labute approximate surface area is 129 Å². The number of rotatable bonds is 4. The minimum atomic E-state index is -1.03. The van der Waals surface area contributed by atoms with Gasteiger partial charge >= 0.3 is 6.09 Å². The summed E-state index contributed by atoms with van der Waals surface area (Å²) in [6.45, 7) is -0.529. The number of amides is 2. The molecule has 0 fully saturated rings. The van der Waals surface area contributed by atoms with Crippen molar-refractivity contribution < 1.29 is 19.5 Å². The van der Waals surface area contributed by atoms with Gasteiger partial charge in [-0.3, -0.25) is 10.0 Å². The summed E-state index contributed by atoms with van der Waals surface area (Å²) in [4.78, 5) is 22.6. The molecule has 22 heavy (non-hydrogen) atoms. The predicted octanol–water partition coefficient (Wildman–Crippen LogP) is 0.721. The molecule has 0 saturated carbocycles. The van der Waals surface area contributed by atoms with Gasteiger partial charge in [0.25, 0.3) is 5.91 Å². The van der Waals surface area contributed by atoms with Gasteiger partial charge in [-0.05, 0) is 30.4 Å². The van der Waals surface area contributed by atoms with Crippen LogP contribution in [-0.2, 0) is 9.53 Å². The van der Waals surface area contributed by atoms with E-state index < -0.39 is 18.6 Å². The number of benzene rings is 1. The molecule has 11 heteroatoms. The second-order valence-electron chi connectivity index (χ2n) is 4.09. The van der Waals surface area contributed by atoms with Crippen LogP contribution in [0.3, 0.4) is 0 Å². The number of carbonyl (C=O) groups excluding carboxylic acids is 2. The number of ether oxygens (including phenoxy) is 1. The van der Waals surface area contributed by atoms with Crippen LogP contribution in [0.4, 0.5) is 10.5 Å². The van der Waals surface area contributed by atoms with Gasteiger partial charge in [0.15, 0.2) is 6.61 Å². The van der Waals surface area contributed by atoms with Gasteiger partial charge in [0.2, 0.25) is 4.77 Å². The molecule has 0 unspecified atom stereocenters. The van der Waals surface area contributed by atoms with E-state index in [1.165, 1.54) is 4.68 Å². The average molecular weight is 324 g/mol. The number of carbonyl (C=O) groups is 2. The zero-order chi connectivity index (χ0) is 16.1. The number of hydrogen-bond acceptors (Lipinski definition) is 7. The van der Waals surface area contributed by atoms with Gasteiger partial charge in [0.1, 0.15) is 0 Å². The molecule has 0 aliphatic heterocycles. The normalized spacial score (nSPS) is 10.1. The van der Waals surface area contributed by atoms with Crippen LogP contribution in [0.15, 0.2) is 24.3 Å². The van der Waals surface area contributed by atoms with E-state index >= 15 is 0 Å². The SMILES string of the molecule is CN(O)C(=O)OCC(=O)Nc1cccc(-n2[nH]nnc2=S)c1. The number of H-pyrrole nitrogens is 1. The lowest BCUT2D eigenvalue weighted by Gasteiger charge is -2.10. The molecule has 1 aromatic heterocycles. The Hall–Kier alpha value is -2.79. The van der Waals surface area contributed by atoms with Crippen LogP contribution < -0.4 is 5.32 Å². The Morgan fingerprint density at radius 1 is 1.55 bits per heavy atom. The van der Waals surface area contributed by atoms with Crippen LogP contribution in [0.5, 0.6) is 0 Å². The number of anilines is 1. The molecule has 3 N–H and O–H groups in total. The number of tetrazole rings is 1. The van der Waals surface area contributed by atoms with Crippen molar-refractivity contribution in [3.05, 3.63) is 29.0 Å². The highest BCUT2D eigenvalue weighted by Crippen LogP contribution is 2.13. The average Bonchev–Trinajstić information content (AvgIpc) is 2.91. The Kier molecular flexibility index (Phi) is 4.80. The molecular formula is C11H12N6O4S. The Morgan fingerprint density at radius 3 is 2.95 bits per heavy atom. The van der Waals surface area contributed by atoms with E-state index in [4.69, 9.17) is 17.4 Å². The molecule has 0 spiro atoms. The van der Waals surface area contributed by atoms with Crippen LogP contribution in [0, 0.1) is 4.77 Å². The molecule has 2 aromatic rings. The summed E-state index contributed by atoms with van der Waals surface area (Å²) in [6.07, 6.45) is -1.03. The van der Waals surface area contributed by atoms with Crippen LogP contribution in [0.25, 0.3) is 5.69 Å². The molecule has 116 valence electrons. The zero-order valence-electron chi connectivity index (χ0n) is 11.4. The largest absolute Gasteiger partial charge is 0.438 e. The van der Waals surface area contributed by atoms with Crippen molar-refractivity contribution in [3.63, 3.8) is 0 Å². The topological polar surface area (TPSA) is 125 Å². The first-order valence-corrected chi connectivity index (χ1v) is 6.38. The maximum atomic E-state index is 11.7. The van der Waals surface area contributed by atoms with Gasteiger partial charge in [-0.1, -0.05) is 16.4 Å². The van der Waals surface area contributed by atoms with Crippen molar-refractivity contribution in [3.8, 4) is 5.69 Å². The molecule has 10 nitrogen and oxygen atoms in total. The quantitative estimate of drug-likeness (QED) is 0.430. The first-order valence-electron chi connectivity index (χ1n) is 5.97. The van der Waals surface area contributed by atoms with E-state index in [1.54, 1.807) is 24.3 Å². The number of hydroxylamine groups is 2. The standard InChI is InChI=1S/C11H12N6O4S/c1-16(20)11(19)21-6-9(18)12-7-3-2-4-8(5-7)17-10(22)13-14-15-17/h2-5,20H,6H2,1H3,(H,12,18)(H,13,15,22). The van der Waals surface area contributed by atoms with E-state index in [1.807, 2.05) is 0 Å². The number of aromatic amines is 1. The van der Waals surface area contributed by atoms with Gasteiger partial charge < -0.3 is 10.1 Å². The summed E-state index contributed by atoms with van der Waals surface area (Å²) < 4.78 is 6.23. The van der Waals surface area contributed by atoms with Gasteiger partial charge in [0.05, 0.1) is 5.69 Å². The fourth-order valence-electron chi connectivity index (χ4n) is 1.51. The lowest BCUT2D eigenvalue weighted by Crippen LogP contribution is -2.28. The minimum absolute atomic E-state index is 0.237. The van der Waals surface area contributed by atoms with E-state index in [-0.39, 0.29) is 9.83 Å². The molecule has 2 rings (SSSR count). The molecule has 0 radical (unpaired) electrons. The van der Waals surface area contributed by atoms with Gasteiger partial charge in [-0.25, -0.2) is 9.48 Å². The van der Waals surface area contributed by atoms with Crippen LogP contribution in [-0.4, -0.2) is 56.1 Å². The van der Waals surface area contributed by atoms with Crippen molar-refractivity contribution in [1.29, 1.82) is 0 Å². The minimum Gasteiger partial charge on any atom is -0.438 e. The molecular weight excluding hydrogens is 312 g/mol. The third-order valence-corrected chi connectivity index (χ3v) is 2.71. The summed E-state index contributed by atoms with van der Waals surface area (Å²) in [5.41, 5.74) is 1.09. The lowest BCUT2D eigenvalue weighted by molar-refractivity contribution is -0.120. The summed E-state index contributed by atoms with van der Waals surface area (Å²) in [7, 11) is 1.09. The number of nitrogens with zero attached hydrogens (tertiary/aromatic N) is 4. The zero-order valence-corrected chi connectivity index (χ0v) is 12.2. The van der Waals surface area contributed by atoms with E-state index in [9.17, 15) is 9.59 Å². The third-order valence-electron chi connectivity index (χ3n) is 2.45. The monoisotopic (exact) mass is 324 g/mol. The summed E-state index contributed by atoms with van der Waals surface area (Å²) in [5.74, 6) is -0.557. The fourth-order valence-corrected chi connectivity index (χ4v) is 1.69. The van der Waals surface area contributed by atoms with Crippen LogP contribution in [0.1, 0.15) is 0 Å². The van der Waals surface area contributed by atoms with Crippen molar-refractivity contribution >= 4 is 29.9 Å². The number of aromatic nitrogens is 4.